The van der Waals surface area contributed by atoms with Crippen LogP contribution in [0.1, 0.15) is 49.7 Å². The molecule has 0 aromatic heterocycles. The molecule has 2 saturated heterocycles. The van der Waals surface area contributed by atoms with Crippen LogP contribution in [0.15, 0.2) is 24.3 Å². The first-order valence-electron chi connectivity index (χ1n) is 10.8. The third-order valence-electron chi connectivity index (χ3n) is 7.26. The molecule has 27 heavy (non-hydrogen) atoms. The second-order valence-corrected chi connectivity index (χ2v) is 8.86. The number of fused-ring (bicyclic) bond motifs is 1. The minimum absolute atomic E-state index is 0.150. The van der Waals surface area contributed by atoms with E-state index in [1.165, 1.54) is 49.9 Å². The van der Waals surface area contributed by atoms with E-state index < -0.39 is 0 Å². The van der Waals surface area contributed by atoms with Crippen molar-refractivity contribution in [2.45, 2.75) is 51.0 Å². The molecule has 1 aliphatic carbocycles. The smallest absolute Gasteiger partial charge is 0.248 e. The van der Waals surface area contributed by atoms with Gasteiger partial charge in [0.05, 0.1) is 0 Å². The highest BCUT2D eigenvalue weighted by molar-refractivity contribution is 5.77. The Balaban J connectivity index is 1.34. The number of carbonyl (C=O) groups excluding carboxylic acids is 1. The highest BCUT2D eigenvalue weighted by atomic mass is 16.5. The summed E-state index contributed by atoms with van der Waals surface area (Å²) in [6, 6.07) is 10.1. The van der Waals surface area contributed by atoms with E-state index in [4.69, 9.17) is 4.74 Å². The number of rotatable bonds is 6. The Bertz CT molecular complexity index is 644. The van der Waals surface area contributed by atoms with Crippen LogP contribution >= 0.6 is 0 Å². The number of ether oxygens (including phenoxy) is 1. The van der Waals surface area contributed by atoms with E-state index >= 15 is 0 Å². The minimum atomic E-state index is 0.150. The molecule has 4 nitrogen and oxygen atoms in total. The molecule has 1 aromatic rings. The zero-order chi connectivity index (χ0) is 18.8. The lowest BCUT2D eigenvalue weighted by Crippen LogP contribution is -2.32. The van der Waals surface area contributed by atoms with Crippen molar-refractivity contribution in [1.29, 1.82) is 0 Å². The summed E-state index contributed by atoms with van der Waals surface area (Å²) in [5.74, 6) is 2.06. The summed E-state index contributed by atoms with van der Waals surface area (Å²) in [5.41, 5.74) is 2.93. The van der Waals surface area contributed by atoms with E-state index in [2.05, 4.69) is 36.1 Å². The Morgan fingerprint density at radius 3 is 2.67 bits per heavy atom. The Hall–Kier alpha value is -1.39. The van der Waals surface area contributed by atoms with Gasteiger partial charge in [0.15, 0.2) is 0 Å². The maximum Gasteiger partial charge on any atom is 0.248 e. The van der Waals surface area contributed by atoms with Gasteiger partial charge in [-0.25, -0.2) is 0 Å². The van der Waals surface area contributed by atoms with Gasteiger partial charge in [-0.15, -0.1) is 0 Å². The van der Waals surface area contributed by atoms with Gasteiger partial charge in [-0.3, -0.25) is 4.79 Å². The van der Waals surface area contributed by atoms with Crippen molar-refractivity contribution in [3.63, 3.8) is 0 Å². The van der Waals surface area contributed by atoms with Gasteiger partial charge in [-0.2, -0.15) is 0 Å². The number of benzene rings is 1. The molecule has 2 heterocycles. The summed E-state index contributed by atoms with van der Waals surface area (Å²) >= 11 is 0. The van der Waals surface area contributed by atoms with Gasteiger partial charge in [-0.05, 0) is 74.5 Å². The molecule has 2 aliphatic heterocycles. The van der Waals surface area contributed by atoms with Gasteiger partial charge >= 0.3 is 0 Å². The summed E-state index contributed by atoms with van der Waals surface area (Å²) in [4.78, 5) is 16.8. The monoisotopic (exact) mass is 370 g/mol. The molecule has 1 amide bonds. The number of hydrogen-bond donors (Lipinski definition) is 0. The summed E-state index contributed by atoms with van der Waals surface area (Å²) in [5, 5.41) is 0. The Morgan fingerprint density at radius 1 is 1.15 bits per heavy atom. The van der Waals surface area contributed by atoms with Gasteiger partial charge in [0.2, 0.25) is 5.91 Å². The van der Waals surface area contributed by atoms with Gasteiger partial charge in [-0.1, -0.05) is 24.3 Å². The van der Waals surface area contributed by atoms with E-state index in [0.717, 1.165) is 25.6 Å². The molecule has 3 aliphatic rings. The molecular weight excluding hydrogens is 336 g/mol. The van der Waals surface area contributed by atoms with Crippen molar-refractivity contribution in [3.05, 3.63) is 35.4 Å². The lowest BCUT2D eigenvalue weighted by Gasteiger charge is -2.22. The molecule has 148 valence electrons. The van der Waals surface area contributed by atoms with Crippen LogP contribution in [0.3, 0.4) is 0 Å². The Kier molecular flexibility index (Phi) is 5.84. The van der Waals surface area contributed by atoms with Gasteiger partial charge in [0.1, 0.15) is 6.61 Å². The molecule has 0 spiro atoms. The number of likely N-dealkylation sites (tertiary alicyclic amines) is 2. The van der Waals surface area contributed by atoms with E-state index in [1.807, 2.05) is 4.90 Å². The van der Waals surface area contributed by atoms with Crippen molar-refractivity contribution < 1.29 is 9.53 Å². The maximum atomic E-state index is 12.2. The summed E-state index contributed by atoms with van der Waals surface area (Å²) < 4.78 is 5.03. The second kappa shape index (κ2) is 8.32. The average molecular weight is 371 g/mol. The number of carbonyl (C=O) groups is 1. The summed E-state index contributed by atoms with van der Waals surface area (Å²) in [7, 11) is 1.60. The fourth-order valence-corrected chi connectivity index (χ4v) is 5.63. The van der Waals surface area contributed by atoms with Gasteiger partial charge in [0, 0.05) is 32.8 Å². The maximum absolute atomic E-state index is 12.2. The lowest BCUT2D eigenvalue weighted by atomic mass is 9.86. The van der Waals surface area contributed by atoms with Crippen LogP contribution in [0.2, 0.25) is 0 Å². The van der Waals surface area contributed by atoms with Crippen LogP contribution in [-0.4, -0.2) is 61.6 Å². The molecule has 1 saturated carbocycles. The van der Waals surface area contributed by atoms with E-state index in [9.17, 15) is 4.79 Å². The predicted molar refractivity (Wildman–Crippen MR) is 108 cm³/mol. The summed E-state index contributed by atoms with van der Waals surface area (Å²) in [6.45, 7) is 6.86. The fraction of sp³-hybridized carbons (Fsp3) is 0.696. The molecule has 4 heteroatoms. The van der Waals surface area contributed by atoms with Crippen molar-refractivity contribution in [3.8, 4) is 0 Å². The molecule has 0 unspecified atom stereocenters. The quantitative estimate of drug-likeness (QED) is 0.770. The van der Waals surface area contributed by atoms with Crippen LogP contribution in [-0.2, 0) is 16.0 Å². The molecule has 4 rings (SSSR count). The number of hydrogen-bond acceptors (Lipinski definition) is 3. The molecule has 4 atom stereocenters. The predicted octanol–water partition coefficient (Wildman–Crippen LogP) is 3.31. The van der Waals surface area contributed by atoms with E-state index in [1.54, 1.807) is 7.11 Å². The number of amides is 1. The van der Waals surface area contributed by atoms with Crippen LogP contribution in [0, 0.1) is 11.8 Å². The van der Waals surface area contributed by atoms with Gasteiger partial charge in [0.25, 0.3) is 0 Å². The molecule has 3 fully saturated rings. The van der Waals surface area contributed by atoms with E-state index in [0.29, 0.717) is 17.8 Å². The first-order chi connectivity index (χ1) is 13.2. The standard InChI is InChI=1S/C23H34N2O2/c1-17-4-3-12-24(17)13-11-18-5-7-19(8-6-18)21-10-9-20-14-25(15-22(20)21)23(26)16-27-2/h5-8,17,20-22H,3-4,9-16H2,1-2H3/t17-,20-,21+,22+/m1/s1. The van der Waals surface area contributed by atoms with Crippen LogP contribution in [0.4, 0.5) is 0 Å². The van der Waals surface area contributed by atoms with Crippen molar-refractivity contribution >= 4 is 5.91 Å². The Morgan fingerprint density at radius 2 is 1.96 bits per heavy atom. The summed E-state index contributed by atoms with van der Waals surface area (Å²) in [6.07, 6.45) is 6.38. The van der Waals surface area contributed by atoms with Crippen molar-refractivity contribution in [2.75, 3.05) is 39.9 Å². The first kappa shape index (κ1) is 18.9. The van der Waals surface area contributed by atoms with Crippen LogP contribution < -0.4 is 0 Å². The molecule has 0 bridgehead atoms. The highest BCUT2D eigenvalue weighted by Gasteiger charge is 2.44. The molecule has 0 N–H and O–H groups in total. The third kappa shape index (κ3) is 4.07. The first-order valence-corrected chi connectivity index (χ1v) is 10.8. The topological polar surface area (TPSA) is 32.8 Å². The molecule has 1 aromatic carbocycles. The van der Waals surface area contributed by atoms with Crippen LogP contribution in [0.25, 0.3) is 0 Å². The zero-order valence-corrected chi connectivity index (χ0v) is 16.9. The normalized spacial score (nSPS) is 30.8. The second-order valence-electron chi connectivity index (χ2n) is 8.86. The molecule has 0 radical (unpaired) electrons. The number of methoxy groups -OCH3 is 1. The van der Waals surface area contributed by atoms with E-state index in [-0.39, 0.29) is 12.5 Å². The SMILES string of the molecule is COCC(=O)N1C[C@H]2CC[C@@H](c3ccc(CCN4CCC[C@H]4C)cc3)[C@H]2C1. The minimum Gasteiger partial charge on any atom is -0.375 e. The van der Waals surface area contributed by atoms with Gasteiger partial charge < -0.3 is 14.5 Å². The van der Waals surface area contributed by atoms with Crippen molar-refractivity contribution in [2.24, 2.45) is 11.8 Å². The fourth-order valence-electron chi connectivity index (χ4n) is 5.63. The zero-order valence-electron chi connectivity index (χ0n) is 16.9. The Labute approximate surface area is 163 Å². The highest BCUT2D eigenvalue weighted by Crippen LogP contribution is 2.47. The largest absolute Gasteiger partial charge is 0.375 e. The van der Waals surface area contributed by atoms with Crippen molar-refractivity contribution in [1.82, 2.24) is 9.80 Å². The molecular formula is C23H34N2O2. The number of nitrogens with zero attached hydrogens (tertiary/aromatic N) is 2. The third-order valence-corrected chi connectivity index (χ3v) is 7.26. The average Bonchev–Trinajstić information content (AvgIpc) is 3.36. The lowest BCUT2D eigenvalue weighted by molar-refractivity contribution is -0.134. The van der Waals surface area contributed by atoms with Crippen LogP contribution in [0.5, 0.6) is 0 Å².